The van der Waals surface area contributed by atoms with E-state index < -0.39 is 11.5 Å². The molecule has 0 amide bonds. The van der Waals surface area contributed by atoms with Crippen LogP contribution in [-0.2, 0) is 9.59 Å². The topological polar surface area (TPSA) is 80.4 Å². The van der Waals surface area contributed by atoms with Crippen molar-refractivity contribution in [3.8, 4) is 0 Å². The van der Waals surface area contributed by atoms with E-state index in [1.165, 1.54) is 0 Å². The van der Waals surface area contributed by atoms with Crippen molar-refractivity contribution in [3.05, 3.63) is 54.1 Å². The van der Waals surface area contributed by atoms with E-state index in [2.05, 4.69) is 0 Å². The van der Waals surface area contributed by atoms with Crippen molar-refractivity contribution < 1.29 is 14.7 Å². The maximum atomic E-state index is 12.0. The maximum Gasteiger partial charge on any atom is 0.303 e. The number of carboxylic acid groups (broad SMARTS) is 1. The third kappa shape index (κ3) is 3.22. The molecule has 1 atom stereocenters. The van der Waals surface area contributed by atoms with E-state index in [1.807, 2.05) is 42.5 Å². The molecule has 1 unspecified atom stereocenters. The van der Waals surface area contributed by atoms with Crippen LogP contribution in [0.1, 0.15) is 24.8 Å². The highest BCUT2D eigenvalue weighted by molar-refractivity contribution is 5.94. The van der Waals surface area contributed by atoms with Gasteiger partial charge in [0.2, 0.25) is 0 Å². The van der Waals surface area contributed by atoms with Crippen molar-refractivity contribution in [2.24, 2.45) is 5.73 Å². The summed E-state index contributed by atoms with van der Waals surface area (Å²) >= 11 is 0. The Morgan fingerprint density at radius 2 is 1.90 bits per heavy atom. The molecule has 1 aromatic carbocycles. The number of allylic oxidation sites excluding steroid dienone is 2. The van der Waals surface area contributed by atoms with E-state index in [4.69, 9.17) is 10.8 Å². The van der Waals surface area contributed by atoms with Gasteiger partial charge in [0.1, 0.15) is 0 Å². The minimum absolute atomic E-state index is 0.0370. The SMILES string of the molecule is NC1(C(=O)CCC(=O)O)C=CC(c2ccccc2)=CC1. The summed E-state index contributed by atoms with van der Waals surface area (Å²) in [6, 6.07) is 9.83. The zero-order chi connectivity index (χ0) is 14.6. The Hall–Kier alpha value is -2.20. The summed E-state index contributed by atoms with van der Waals surface area (Å²) in [5.74, 6) is -1.22. The first kappa shape index (κ1) is 14.2. The molecule has 0 aliphatic heterocycles. The normalized spacial score (nSPS) is 21.4. The number of aliphatic carboxylic acids is 1. The summed E-state index contributed by atoms with van der Waals surface area (Å²) in [6.45, 7) is 0. The van der Waals surface area contributed by atoms with Gasteiger partial charge in [-0.25, -0.2) is 0 Å². The first-order chi connectivity index (χ1) is 9.51. The molecule has 4 heteroatoms. The Labute approximate surface area is 117 Å². The molecule has 0 fully saturated rings. The second-order valence-corrected chi connectivity index (χ2v) is 4.92. The minimum atomic E-state index is -1.08. The maximum absolute atomic E-state index is 12.0. The number of carbonyl (C=O) groups excluding carboxylic acids is 1. The van der Waals surface area contributed by atoms with E-state index in [0.717, 1.165) is 11.1 Å². The molecule has 104 valence electrons. The van der Waals surface area contributed by atoms with Crippen LogP contribution in [0.5, 0.6) is 0 Å². The quantitative estimate of drug-likeness (QED) is 0.860. The van der Waals surface area contributed by atoms with E-state index in [1.54, 1.807) is 6.08 Å². The third-order valence-corrected chi connectivity index (χ3v) is 3.41. The predicted molar refractivity (Wildman–Crippen MR) is 77.0 cm³/mol. The molecule has 0 heterocycles. The minimum Gasteiger partial charge on any atom is -0.481 e. The Bertz CT molecular complexity index is 575. The van der Waals surface area contributed by atoms with Crippen molar-refractivity contribution in [3.63, 3.8) is 0 Å². The number of Topliss-reactive ketones (excluding diaryl/α,β-unsaturated/α-hetero) is 1. The Balaban J connectivity index is 2.06. The predicted octanol–water partition coefficient (Wildman–Crippen LogP) is 2.16. The van der Waals surface area contributed by atoms with E-state index >= 15 is 0 Å². The van der Waals surface area contributed by atoms with Crippen molar-refractivity contribution in [2.75, 3.05) is 0 Å². The number of carbonyl (C=O) groups is 2. The van der Waals surface area contributed by atoms with Crippen LogP contribution in [0, 0.1) is 0 Å². The van der Waals surface area contributed by atoms with E-state index in [9.17, 15) is 9.59 Å². The Morgan fingerprint density at radius 1 is 1.20 bits per heavy atom. The monoisotopic (exact) mass is 271 g/mol. The van der Waals surface area contributed by atoms with Crippen LogP contribution < -0.4 is 5.73 Å². The van der Waals surface area contributed by atoms with E-state index in [0.29, 0.717) is 6.42 Å². The zero-order valence-corrected chi connectivity index (χ0v) is 11.1. The molecule has 4 nitrogen and oxygen atoms in total. The smallest absolute Gasteiger partial charge is 0.303 e. The summed E-state index contributed by atoms with van der Waals surface area (Å²) in [5.41, 5.74) is 7.08. The van der Waals surface area contributed by atoms with Crippen LogP contribution in [-0.4, -0.2) is 22.4 Å². The van der Waals surface area contributed by atoms with Gasteiger partial charge in [-0.3, -0.25) is 9.59 Å². The summed E-state index contributed by atoms with van der Waals surface area (Å²) < 4.78 is 0. The highest BCUT2D eigenvalue weighted by Crippen LogP contribution is 2.26. The Morgan fingerprint density at radius 3 is 2.45 bits per heavy atom. The van der Waals surface area contributed by atoms with Crippen LogP contribution in [0.3, 0.4) is 0 Å². The summed E-state index contributed by atoms with van der Waals surface area (Å²) in [6.07, 6.45) is 5.61. The molecular formula is C16H17NO3. The number of nitrogens with two attached hydrogens (primary N) is 1. The van der Waals surface area contributed by atoms with Gasteiger partial charge in [-0.15, -0.1) is 0 Å². The van der Waals surface area contributed by atoms with Crippen molar-refractivity contribution in [1.29, 1.82) is 0 Å². The second kappa shape index (κ2) is 5.84. The van der Waals surface area contributed by atoms with Crippen LogP contribution in [0.25, 0.3) is 5.57 Å². The fraction of sp³-hybridized carbons (Fsp3) is 0.250. The van der Waals surface area contributed by atoms with Gasteiger partial charge >= 0.3 is 5.97 Å². The molecule has 1 aliphatic rings. The lowest BCUT2D eigenvalue weighted by atomic mass is 9.83. The lowest BCUT2D eigenvalue weighted by Gasteiger charge is -2.26. The zero-order valence-electron chi connectivity index (χ0n) is 11.1. The van der Waals surface area contributed by atoms with Gasteiger partial charge in [0, 0.05) is 6.42 Å². The molecule has 1 aliphatic carbocycles. The fourth-order valence-electron chi connectivity index (χ4n) is 2.16. The molecule has 1 aromatic rings. The standard InChI is InChI=1S/C16H17NO3/c17-16(14(18)6-7-15(19)20)10-8-13(9-11-16)12-4-2-1-3-5-12/h1-5,8-10H,6-7,11,17H2,(H,19,20). The van der Waals surface area contributed by atoms with Crippen molar-refractivity contribution >= 4 is 17.3 Å². The summed E-state index contributed by atoms with van der Waals surface area (Å²) in [4.78, 5) is 22.5. The van der Waals surface area contributed by atoms with Crippen LogP contribution in [0.15, 0.2) is 48.6 Å². The first-order valence-corrected chi connectivity index (χ1v) is 6.50. The van der Waals surface area contributed by atoms with Gasteiger partial charge in [-0.2, -0.15) is 0 Å². The van der Waals surface area contributed by atoms with Crippen molar-refractivity contribution in [2.45, 2.75) is 24.8 Å². The van der Waals surface area contributed by atoms with E-state index in [-0.39, 0.29) is 18.6 Å². The largest absolute Gasteiger partial charge is 0.481 e. The van der Waals surface area contributed by atoms with Gasteiger partial charge in [0.05, 0.1) is 12.0 Å². The summed E-state index contributed by atoms with van der Waals surface area (Å²) in [7, 11) is 0. The van der Waals surface area contributed by atoms with Gasteiger partial charge < -0.3 is 10.8 Å². The molecule has 0 aromatic heterocycles. The van der Waals surface area contributed by atoms with Gasteiger partial charge in [0.15, 0.2) is 5.78 Å². The van der Waals surface area contributed by atoms with Crippen LogP contribution >= 0.6 is 0 Å². The molecule has 3 N–H and O–H groups in total. The third-order valence-electron chi connectivity index (χ3n) is 3.41. The molecule has 20 heavy (non-hydrogen) atoms. The average molecular weight is 271 g/mol. The van der Waals surface area contributed by atoms with Crippen LogP contribution in [0.2, 0.25) is 0 Å². The van der Waals surface area contributed by atoms with Gasteiger partial charge in [-0.1, -0.05) is 48.6 Å². The number of carboxylic acids is 1. The lowest BCUT2D eigenvalue weighted by Crippen LogP contribution is -2.46. The second-order valence-electron chi connectivity index (χ2n) is 4.92. The fourth-order valence-corrected chi connectivity index (χ4v) is 2.16. The Kier molecular flexibility index (Phi) is 4.15. The molecule has 0 saturated heterocycles. The highest BCUT2D eigenvalue weighted by Gasteiger charge is 2.31. The molecular weight excluding hydrogens is 254 g/mol. The number of rotatable bonds is 5. The molecule has 0 bridgehead atoms. The highest BCUT2D eigenvalue weighted by atomic mass is 16.4. The van der Waals surface area contributed by atoms with Gasteiger partial charge in [-0.05, 0) is 17.6 Å². The number of ketones is 1. The summed E-state index contributed by atoms with van der Waals surface area (Å²) in [5, 5.41) is 8.61. The number of benzene rings is 1. The lowest BCUT2D eigenvalue weighted by molar-refractivity contribution is -0.139. The van der Waals surface area contributed by atoms with Crippen LogP contribution in [0.4, 0.5) is 0 Å². The molecule has 0 spiro atoms. The average Bonchev–Trinajstić information content (AvgIpc) is 2.46. The molecule has 2 rings (SSSR count). The number of hydrogen-bond acceptors (Lipinski definition) is 3. The van der Waals surface area contributed by atoms with Crippen molar-refractivity contribution in [1.82, 2.24) is 0 Å². The number of hydrogen-bond donors (Lipinski definition) is 2. The first-order valence-electron chi connectivity index (χ1n) is 6.50. The molecule has 0 radical (unpaired) electrons. The van der Waals surface area contributed by atoms with Gasteiger partial charge in [0.25, 0.3) is 0 Å². The molecule has 0 saturated carbocycles.